The van der Waals surface area contributed by atoms with E-state index in [4.69, 9.17) is 9.47 Å². The fourth-order valence-corrected chi connectivity index (χ4v) is 5.02. The van der Waals surface area contributed by atoms with Crippen molar-refractivity contribution in [2.24, 2.45) is 29.1 Å². The van der Waals surface area contributed by atoms with Gasteiger partial charge in [0, 0.05) is 24.7 Å². The number of Topliss-reactive ketones (excluding diaryl/α,β-unsaturated/α-hetero) is 1. The van der Waals surface area contributed by atoms with Crippen molar-refractivity contribution in [3.8, 4) is 0 Å². The molecule has 7 unspecified atom stereocenters. The predicted molar refractivity (Wildman–Crippen MR) is 77.7 cm³/mol. The first-order chi connectivity index (χ1) is 10.2. The Morgan fingerprint density at radius 1 is 1.27 bits per heavy atom. The van der Waals surface area contributed by atoms with Crippen LogP contribution in [0.5, 0.6) is 0 Å². The van der Waals surface area contributed by atoms with Crippen LogP contribution in [0.2, 0.25) is 0 Å². The summed E-state index contributed by atoms with van der Waals surface area (Å²) in [6.07, 6.45) is 1.58. The minimum Gasteiger partial charge on any atom is -0.461 e. The maximum absolute atomic E-state index is 12.6. The first-order valence-corrected chi connectivity index (χ1v) is 8.16. The Morgan fingerprint density at radius 2 is 1.95 bits per heavy atom. The van der Waals surface area contributed by atoms with E-state index in [0.29, 0.717) is 6.42 Å². The van der Waals surface area contributed by atoms with Crippen LogP contribution in [0.1, 0.15) is 47.0 Å². The molecule has 0 amide bonds. The standard InChI is InChI=1S/C17H24O5/c1-8-11-5-6-17(4)7-12(21-10(3)18)14(19)9(2)13(17)15(11)22-16(8)20/h8-9,11-13,15H,5-7H2,1-4H3. The van der Waals surface area contributed by atoms with E-state index in [9.17, 15) is 14.4 Å². The second kappa shape index (κ2) is 5.07. The van der Waals surface area contributed by atoms with E-state index in [0.717, 1.165) is 12.8 Å². The summed E-state index contributed by atoms with van der Waals surface area (Å²) in [5, 5.41) is 0. The highest BCUT2D eigenvalue weighted by Crippen LogP contribution is 2.57. The Hall–Kier alpha value is -1.39. The van der Waals surface area contributed by atoms with Gasteiger partial charge in [-0.2, -0.15) is 0 Å². The summed E-state index contributed by atoms with van der Waals surface area (Å²) >= 11 is 0. The van der Waals surface area contributed by atoms with Crippen LogP contribution < -0.4 is 0 Å². The minimum absolute atomic E-state index is 0.0273. The molecule has 0 aromatic carbocycles. The van der Waals surface area contributed by atoms with E-state index in [1.807, 2.05) is 13.8 Å². The van der Waals surface area contributed by atoms with Crippen molar-refractivity contribution < 1.29 is 23.9 Å². The monoisotopic (exact) mass is 308 g/mol. The van der Waals surface area contributed by atoms with Crippen molar-refractivity contribution in [3.63, 3.8) is 0 Å². The molecule has 5 heteroatoms. The number of fused-ring (bicyclic) bond motifs is 3. The highest BCUT2D eigenvalue weighted by Gasteiger charge is 2.60. The normalized spacial score (nSPS) is 47.5. The van der Waals surface area contributed by atoms with Gasteiger partial charge in [-0.3, -0.25) is 14.4 Å². The van der Waals surface area contributed by atoms with Gasteiger partial charge in [-0.15, -0.1) is 0 Å². The van der Waals surface area contributed by atoms with E-state index < -0.39 is 12.1 Å². The molecule has 22 heavy (non-hydrogen) atoms. The van der Waals surface area contributed by atoms with Crippen LogP contribution >= 0.6 is 0 Å². The first-order valence-electron chi connectivity index (χ1n) is 8.16. The number of ketones is 1. The van der Waals surface area contributed by atoms with Gasteiger partial charge in [0.25, 0.3) is 0 Å². The quantitative estimate of drug-likeness (QED) is 0.694. The number of hydrogen-bond donors (Lipinski definition) is 0. The zero-order valence-corrected chi connectivity index (χ0v) is 13.6. The molecular formula is C17H24O5. The van der Waals surface area contributed by atoms with Gasteiger partial charge in [-0.05, 0) is 24.7 Å². The van der Waals surface area contributed by atoms with Gasteiger partial charge >= 0.3 is 11.9 Å². The molecule has 0 radical (unpaired) electrons. The molecule has 122 valence electrons. The van der Waals surface area contributed by atoms with Gasteiger partial charge in [0.05, 0.1) is 5.92 Å². The second-order valence-electron chi connectivity index (χ2n) is 7.57. The molecular weight excluding hydrogens is 284 g/mol. The highest BCUT2D eigenvalue weighted by molar-refractivity contribution is 5.88. The summed E-state index contributed by atoms with van der Waals surface area (Å²) in [5.74, 6) is -0.681. The van der Waals surface area contributed by atoms with E-state index >= 15 is 0 Å². The lowest BCUT2D eigenvalue weighted by molar-refractivity contribution is -0.176. The Bertz CT molecular complexity index is 527. The number of carbonyl (C=O) groups excluding carboxylic acids is 3. The third kappa shape index (κ3) is 2.17. The maximum Gasteiger partial charge on any atom is 0.309 e. The summed E-state index contributed by atoms with van der Waals surface area (Å²) in [4.78, 5) is 35.8. The molecule has 0 aromatic heterocycles. The SMILES string of the molecule is CC(=O)OC1CC2(C)CCC3C(C)C(=O)OC3C2C(C)C1=O. The van der Waals surface area contributed by atoms with E-state index in [2.05, 4.69) is 6.92 Å². The molecule has 0 aromatic rings. The van der Waals surface area contributed by atoms with Crippen molar-refractivity contribution >= 4 is 17.7 Å². The molecule has 1 saturated heterocycles. The number of rotatable bonds is 1. The van der Waals surface area contributed by atoms with Crippen LogP contribution in [0, 0.1) is 29.1 Å². The fraction of sp³-hybridized carbons (Fsp3) is 0.824. The molecule has 7 atom stereocenters. The third-order valence-electron chi connectivity index (χ3n) is 6.16. The number of carbonyl (C=O) groups is 3. The Balaban J connectivity index is 1.90. The van der Waals surface area contributed by atoms with E-state index in [1.165, 1.54) is 6.92 Å². The Morgan fingerprint density at radius 3 is 2.59 bits per heavy atom. The van der Waals surface area contributed by atoms with Crippen LogP contribution in [-0.4, -0.2) is 29.9 Å². The summed E-state index contributed by atoms with van der Waals surface area (Å²) < 4.78 is 10.9. The van der Waals surface area contributed by atoms with Gasteiger partial charge in [0.15, 0.2) is 11.9 Å². The van der Waals surface area contributed by atoms with Crippen LogP contribution in [-0.2, 0) is 23.9 Å². The molecule has 2 saturated carbocycles. The summed E-state index contributed by atoms with van der Waals surface area (Å²) in [6.45, 7) is 7.29. The zero-order chi connectivity index (χ0) is 16.2. The Labute approximate surface area is 130 Å². The van der Waals surface area contributed by atoms with Crippen LogP contribution in [0.25, 0.3) is 0 Å². The van der Waals surface area contributed by atoms with Crippen LogP contribution in [0.4, 0.5) is 0 Å². The number of esters is 2. The smallest absolute Gasteiger partial charge is 0.309 e. The number of hydrogen-bond acceptors (Lipinski definition) is 5. The van der Waals surface area contributed by atoms with Crippen molar-refractivity contribution in [1.29, 1.82) is 0 Å². The van der Waals surface area contributed by atoms with Gasteiger partial charge in [-0.1, -0.05) is 20.8 Å². The first kappa shape index (κ1) is 15.5. The molecule has 2 aliphatic carbocycles. The summed E-state index contributed by atoms with van der Waals surface area (Å²) in [7, 11) is 0. The van der Waals surface area contributed by atoms with Crippen molar-refractivity contribution in [3.05, 3.63) is 0 Å². The second-order valence-corrected chi connectivity index (χ2v) is 7.57. The Kier molecular flexibility index (Phi) is 3.57. The highest BCUT2D eigenvalue weighted by atomic mass is 16.6. The van der Waals surface area contributed by atoms with Crippen LogP contribution in [0.15, 0.2) is 0 Å². The summed E-state index contributed by atoms with van der Waals surface area (Å²) in [6, 6.07) is 0. The zero-order valence-electron chi connectivity index (χ0n) is 13.6. The maximum atomic E-state index is 12.6. The molecule has 3 rings (SSSR count). The van der Waals surface area contributed by atoms with Gasteiger partial charge in [0.1, 0.15) is 6.10 Å². The lowest BCUT2D eigenvalue weighted by atomic mass is 9.52. The lowest BCUT2D eigenvalue weighted by Crippen LogP contribution is -2.56. The molecule has 0 bridgehead atoms. The van der Waals surface area contributed by atoms with E-state index in [-0.39, 0.29) is 46.9 Å². The van der Waals surface area contributed by atoms with Gasteiger partial charge in [0.2, 0.25) is 0 Å². The van der Waals surface area contributed by atoms with E-state index in [1.54, 1.807) is 0 Å². The largest absolute Gasteiger partial charge is 0.461 e. The number of ether oxygens (including phenoxy) is 2. The molecule has 1 aliphatic heterocycles. The molecule has 0 spiro atoms. The topological polar surface area (TPSA) is 69.7 Å². The van der Waals surface area contributed by atoms with Crippen molar-refractivity contribution in [2.45, 2.75) is 59.2 Å². The van der Waals surface area contributed by atoms with Crippen molar-refractivity contribution in [1.82, 2.24) is 0 Å². The predicted octanol–water partition coefficient (Wildman–Crippen LogP) is 2.12. The van der Waals surface area contributed by atoms with Gasteiger partial charge in [-0.25, -0.2) is 0 Å². The fourth-order valence-electron chi connectivity index (χ4n) is 5.02. The van der Waals surface area contributed by atoms with Crippen molar-refractivity contribution in [2.75, 3.05) is 0 Å². The molecule has 1 heterocycles. The minimum atomic E-state index is -0.653. The molecule has 5 nitrogen and oxygen atoms in total. The lowest BCUT2D eigenvalue weighted by Gasteiger charge is -2.53. The molecule has 3 aliphatic rings. The summed E-state index contributed by atoms with van der Waals surface area (Å²) in [5.41, 5.74) is -0.126. The third-order valence-corrected chi connectivity index (χ3v) is 6.16. The van der Waals surface area contributed by atoms with Gasteiger partial charge < -0.3 is 9.47 Å². The average Bonchev–Trinajstić information content (AvgIpc) is 2.70. The molecule has 0 N–H and O–H groups in total. The van der Waals surface area contributed by atoms with Crippen LogP contribution in [0.3, 0.4) is 0 Å². The average molecular weight is 308 g/mol. The molecule has 3 fully saturated rings.